The van der Waals surface area contributed by atoms with Gasteiger partial charge in [-0.25, -0.2) is 13.1 Å². The van der Waals surface area contributed by atoms with E-state index in [9.17, 15) is 23.1 Å². The van der Waals surface area contributed by atoms with Crippen LogP contribution in [0.15, 0.2) is 96.0 Å². The van der Waals surface area contributed by atoms with Gasteiger partial charge < -0.3 is 5.11 Å². The van der Waals surface area contributed by atoms with E-state index in [0.717, 1.165) is 4.31 Å². The summed E-state index contributed by atoms with van der Waals surface area (Å²) in [6.45, 7) is 0. The molecule has 0 bridgehead atoms. The molecule has 0 aliphatic rings. The van der Waals surface area contributed by atoms with Gasteiger partial charge in [-0.2, -0.15) is 5.10 Å². The fourth-order valence-electron chi connectivity index (χ4n) is 3.22. The molecule has 1 heterocycles. The lowest BCUT2D eigenvalue weighted by Gasteiger charge is -2.19. The summed E-state index contributed by atoms with van der Waals surface area (Å²) in [6, 6.07) is 22.8. The molecule has 0 saturated heterocycles. The number of carbonyl (C=O) groups is 2. The van der Waals surface area contributed by atoms with Gasteiger partial charge in [0.05, 0.1) is 22.5 Å². The predicted molar refractivity (Wildman–Crippen MR) is 129 cm³/mol. The molecule has 35 heavy (non-hydrogen) atoms. The van der Waals surface area contributed by atoms with Crippen LogP contribution in [0, 0.1) is 0 Å². The Kier molecular flexibility index (Phi) is 6.51. The van der Waals surface area contributed by atoms with Crippen LogP contribution in [0.4, 0.5) is 5.69 Å². The van der Waals surface area contributed by atoms with Gasteiger partial charge in [-0.05, 0) is 42.5 Å². The second-order valence-electron chi connectivity index (χ2n) is 7.39. The van der Waals surface area contributed by atoms with Crippen molar-refractivity contribution in [3.63, 3.8) is 0 Å². The molecule has 178 valence electrons. The maximum Gasteiger partial charge on any atom is 0.294 e. The van der Waals surface area contributed by atoms with Crippen LogP contribution in [-0.2, 0) is 10.0 Å². The van der Waals surface area contributed by atoms with E-state index in [1.54, 1.807) is 54.6 Å². The van der Waals surface area contributed by atoms with Crippen molar-refractivity contribution in [1.29, 1.82) is 0 Å². The van der Waals surface area contributed by atoms with Crippen LogP contribution in [0.25, 0.3) is 5.69 Å². The Morgan fingerprint density at radius 3 is 2.20 bits per heavy atom. The summed E-state index contributed by atoms with van der Waals surface area (Å²) in [5.41, 5.74) is 5.18. The van der Waals surface area contributed by atoms with Crippen molar-refractivity contribution in [2.24, 2.45) is 0 Å². The van der Waals surface area contributed by atoms with E-state index in [4.69, 9.17) is 0 Å². The Morgan fingerprint density at radius 1 is 0.886 bits per heavy atom. The summed E-state index contributed by atoms with van der Waals surface area (Å²) in [4.78, 5) is 24.9. The Morgan fingerprint density at radius 2 is 1.51 bits per heavy atom. The molecule has 3 aromatic carbocycles. The summed E-state index contributed by atoms with van der Waals surface area (Å²) in [5, 5.41) is 14.1. The third-order valence-electron chi connectivity index (χ3n) is 5.09. The zero-order valence-electron chi connectivity index (χ0n) is 18.5. The lowest BCUT2D eigenvalue weighted by Crippen LogP contribution is -2.42. The summed E-state index contributed by atoms with van der Waals surface area (Å²) < 4.78 is 28.4. The third kappa shape index (κ3) is 4.99. The van der Waals surface area contributed by atoms with Gasteiger partial charge >= 0.3 is 0 Å². The molecule has 4 rings (SSSR count). The topological polar surface area (TPSA) is 134 Å². The van der Waals surface area contributed by atoms with Gasteiger partial charge in [-0.15, -0.1) is 0 Å². The van der Waals surface area contributed by atoms with Crippen molar-refractivity contribution in [3.05, 3.63) is 102 Å². The second-order valence-corrected chi connectivity index (χ2v) is 9.36. The SMILES string of the molecule is CN(c1ccccc1)S(=O)(=O)c1cccc(C(=O)NNC(=O)c2nn(-c3ccccc3)cc2O)c1. The fraction of sp³-hybridized carbons (Fsp3) is 0.0417. The van der Waals surface area contributed by atoms with Crippen LogP contribution in [-0.4, -0.2) is 42.2 Å². The molecule has 0 aliphatic carbocycles. The van der Waals surface area contributed by atoms with Crippen LogP contribution < -0.4 is 15.2 Å². The van der Waals surface area contributed by atoms with Crippen LogP contribution in [0.5, 0.6) is 5.75 Å². The molecule has 0 aliphatic heterocycles. The van der Waals surface area contributed by atoms with Gasteiger partial charge in [0.1, 0.15) is 0 Å². The number of sulfonamides is 1. The number of hydrazine groups is 1. The highest BCUT2D eigenvalue weighted by Gasteiger charge is 2.23. The van der Waals surface area contributed by atoms with E-state index in [2.05, 4.69) is 16.0 Å². The number of para-hydroxylation sites is 2. The zero-order chi connectivity index (χ0) is 25.0. The average molecular weight is 492 g/mol. The van der Waals surface area contributed by atoms with Crippen LogP contribution >= 0.6 is 0 Å². The molecule has 11 heteroatoms. The number of aromatic hydroxyl groups is 1. The van der Waals surface area contributed by atoms with Crippen LogP contribution in [0.1, 0.15) is 20.8 Å². The van der Waals surface area contributed by atoms with Gasteiger partial charge in [0.2, 0.25) is 0 Å². The van der Waals surface area contributed by atoms with Gasteiger partial charge in [0.25, 0.3) is 21.8 Å². The van der Waals surface area contributed by atoms with Gasteiger partial charge in [-0.3, -0.25) is 24.7 Å². The normalized spacial score (nSPS) is 11.0. The number of nitrogens with one attached hydrogen (secondary N) is 2. The van der Waals surface area contributed by atoms with Crippen molar-refractivity contribution in [3.8, 4) is 11.4 Å². The van der Waals surface area contributed by atoms with E-state index >= 15 is 0 Å². The molecule has 10 nitrogen and oxygen atoms in total. The number of benzene rings is 3. The summed E-state index contributed by atoms with van der Waals surface area (Å²) >= 11 is 0. The average Bonchev–Trinajstić information content (AvgIpc) is 3.29. The quantitative estimate of drug-likeness (QED) is 0.355. The molecule has 3 N–H and O–H groups in total. The molecule has 4 aromatic rings. The van der Waals surface area contributed by atoms with Gasteiger partial charge in [0.15, 0.2) is 11.4 Å². The molecule has 0 radical (unpaired) electrons. The maximum atomic E-state index is 13.0. The molecule has 0 fully saturated rings. The smallest absolute Gasteiger partial charge is 0.294 e. The van der Waals surface area contributed by atoms with E-state index in [0.29, 0.717) is 11.4 Å². The number of rotatable bonds is 6. The predicted octanol–water partition coefficient (Wildman–Crippen LogP) is 2.48. The molecule has 1 aromatic heterocycles. The molecule has 0 saturated carbocycles. The molecule has 2 amide bonds. The number of nitrogens with zero attached hydrogens (tertiary/aromatic N) is 3. The largest absolute Gasteiger partial charge is 0.504 e. The first-order chi connectivity index (χ1) is 16.8. The van der Waals surface area contributed by atoms with Crippen molar-refractivity contribution in [2.75, 3.05) is 11.4 Å². The highest BCUT2D eigenvalue weighted by atomic mass is 32.2. The first kappa shape index (κ1) is 23.5. The minimum atomic E-state index is -3.93. The minimum absolute atomic E-state index is 0.00636. The number of anilines is 1. The first-order valence-corrected chi connectivity index (χ1v) is 11.8. The number of carbonyl (C=O) groups excluding carboxylic acids is 2. The molecular formula is C24H21N5O5S. The van der Waals surface area contributed by atoms with E-state index in [-0.39, 0.29) is 21.9 Å². The van der Waals surface area contributed by atoms with Crippen molar-refractivity contribution >= 4 is 27.5 Å². The third-order valence-corrected chi connectivity index (χ3v) is 6.88. The van der Waals surface area contributed by atoms with Crippen LogP contribution in [0.2, 0.25) is 0 Å². The number of hydrogen-bond acceptors (Lipinski definition) is 6. The summed E-state index contributed by atoms with van der Waals surface area (Å²) in [6.07, 6.45) is 1.27. The molecule has 0 unspecified atom stereocenters. The lowest BCUT2D eigenvalue weighted by atomic mass is 10.2. The number of amides is 2. The Labute approximate surface area is 201 Å². The molecule has 0 spiro atoms. The van der Waals surface area contributed by atoms with E-state index in [1.165, 1.54) is 42.2 Å². The Hall–Kier alpha value is -4.64. The number of hydrogen-bond donors (Lipinski definition) is 3. The summed E-state index contributed by atoms with van der Waals surface area (Å²) in [7, 11) is -2.52. The molecule has 0 atom stereocenters. The first-order valence-electron chi connectivity index (χ1n) is 10.4. The maximum absolute atomic E-state index is 13.0. The molecular weight excluding hydrogens is 470 g/mol. The van der Waals surface area contributed by atoms with E-state index in [1.807, 2.05) is 6.07 Å². The summed E-state index contributed by atoms with van der Waals surface area (Å²) in [5.74, 6) is -1.98. The standard InChI is InChI=1S/C24H21N5O5S/c1-28(18-10-4-2-5-11-18)35(33,34)20-14-8-9-17(15-20)23(31)25-26-24(32)22-21(30)16-29(27-22)19-12-6-3-7-13-19/h2-16,30H,1H3,(H,25,31)(H,26,32). The van der Waals surface area contributed by atoms with Crippen molar-refractivity contribution in [2.45, 2.75) is 4.90 Å². The highest BCUT2D eigenvalue weighted by molar-refractivity contribution is 7.92. The second kappa shape index (κ2) is 9.69. The zero-order valence-corrected chi connectivity index (χ0v) is 19.3. The monoisotopic (exact) mass is 491 g/mol. The Balaban J connectivity index is 1.46. The van der Waals surface area contributed by atoms with Crippen molar-refractivity contribution in [1.82, 2.24) is 20.6 Å². The minimum Gasteiger partial charge on any atom is -0.504 e. The fourth-order valence-corrected chi connectivity index (χ4v) is 4.46. The highest BCUT2D eigenvalue weighted by Crippen LogP contribution is 2.22. The van der Waals surface area contributed by atoms with Crippen LogP contribution in [0.3, 0.4) is 0 Å². The van der Waals surface area contributed by atoms with E-state index < -0.39 is 21.8 Å². The van der Waals surface area contributed by atoms with Gasteiger partial charge in [-0.1, -0.05) is 42.5 Å². The lowest BCUT2D eigenvalue weighted by molar-refractivity contribution is 0.0842. The van der Waals surface area contributed by atoms with Crippen molar-refractivity contribution < 1.29 is 23.1 Å². The van der Waals surface area contributed by atoms with Gasteiger partial charge in [0, 0.05) is 12.6 Å². The Bertz CT molecular complexity index is 1470. The number of aromatic nitrogens is 2.